The molecule has 1 aliphatic rings. The van der Waals surface area contributed by atoms with Crippen molar-refractivity contribution < 1.29 is 4.74 Å². The molecule has 1 fully saturated rings. The zero-order valence-corrected chi connectivity index (χ0v) is 11.9. The topological polar surface area (TPSA) is 81.2 Å². The van der Waals surface area contributed by atoms with E-state index in [-0.39, 0.29) is 12.1 Å². The minimum atomic E-state index is 0.0539. The number of nitrogens with zero attached hydrogens (tertiary/aromatic N) is 4. The number of hydrazine groups is 1. The van der Waals surface area contributed by atoms with Gasteiger partial charge in [0.2, 0.25) is 0 Å². The van der Waals surface area contributed by atoms with Crippen LogP contribution in [-0.4, -0.2) is 57.8 Å². The van der Waals surface area contributed by atoms with E-state index in [4.69, 9.17) is 10.6 Å². The van der Waals surface area contributed by atoms with Crippen molar-refractivity contribution in [2.75, 3.05) is 19.7 Å². The fourth-order valence-electron chi connectivity index (χ4n) is 2.42. The van der Waals surface area contributed by atoms with Crippen LogP contribution in [0.1, 0.15) is 19.5 Å². The minimum absolute atomic E-state index is 0.0539. The quantitative estimate of drug-likeness (QED) is 0.543. The van der Waals surface area contributed by atoms with E-state index in [9.17, 15) is 0 Å². The van der Waals surface area contributed by atoms with Gasteiger partial charge in [0.1, 0.15) is 0 Å². The average molecular weight is 268 g/mol. The van der Waals surface area contributed by atoms with Crippen LogP contribution in [0.4, 0.5) is 0 Å². The standard InChI is InChI=1S/C12H24N6O/c1-9(2)18-4-5-19-12(8-18)11(14-13)6-10-7-17(3)16-15-10/h7,9,11-12,14H,4-6,8,13H2,1-3H3. The van der Waals surface area contributed by atoms with Crippen LogP contribution in [-0.2, 0) is 18.2 Å². The van der Waals surface area contributed by atoms with Crippen molar-refractivity contribution >= 4 is 0 Å². The van der Waals surface area contributed by atoms with E-state index in [1.807, 2.05) is 13.2 Å². The first-order valence-corrected chi connectivity index (χ1v) is 6.77. The number of aromatic nitrogens is 3. The Hall–Kier alpha value is -1.02. The highest BCUT2D eigenvalue weighted by molar-refractivity contribution is 4.98. The number of morpholine rings is 1. The first-order chi connectivity index (χ1) is 9.10. The van der Waals surface area contributed by atoms with Crippen LogP contribution in [0.3, 0.4) is 0 Å². The fourth-order valence-corrected chi connectivity index (χ4v) is 2.42. The molecule has 0 aliphatic carbocycles. The highest BCUT2D eigenvalue weighted by Gasteiger charge is 2.29. The first kappa shape index (κ1) is 14.4. The molecule has 3 N–H and O–H groups in total. The molecule has 108 valence electrons. The molecule has 0 spiro atoms. The van der Waals surface area contributed by atoms with Crippen molar-refractivity contribution in [3.63, 3.8) is 0 Å². The Balaban J connectivity index is 1.96. The molecule has 2 heterocycles. The summed E-state index contributed by atoms with van der Waals surface area (Å²) < 4.78 is 7.55. The smallest absolute Gasteiger partial charge is 0.0872 e. The molecular formula is C12H24N6O. The van der Waals surface area contributed by atoms with Gasteiger partial charge in [-0.2, -0.15) is 0 Å². The molecule has 2 unspecified atom stereocenters. The summed E-state index contributed by atoms with van der Waals surface area (Å²) in [5.74, 6) is 5.68. The predicted octanol–water partition coefficient (Wildman–Crippen LogP) is -0.701. The Morgan fingerprint density at radius 3 is 2.95 bits per heavy atom. The van der Waals surface area contributed by atoms with Gasteiger partial charge in [0, 0.05) is 38.8 Å². The maximum absolute atomic E-state index is 5.85. The van der Waals surface area contributed by atoms with Gasteiger partial charge in [0.25, 0.3) is 0 Å². The molecular weight excluding hydrogens is 244 g/mol. The van der Waals surface area contributed by atoms with Gasteiger partial charge >= 0.3 is 0 Å². The fraction of sp³-hybridized carbons (Fsp3) is 0.833. The number of nitrogens with one attached hydrogen (secondary N) is 1. The Bertz CT molecular complexity index is 393. The Kier molecular flexibility index (Phi) is 4.87. The van der Waals surface area contributed by atoms with Crippen molar-refractivity contribution in [3.8, 4) is 0 Å². The molecule has 1 saturated heterocycles. The molecule has 2 atom stereocenters. The molecule has 7 heteroatoms. The predicted molar refractivity (Wildman–Crippen MR) is 72.3 cm³/mol. The van der Waals surface area contributed by atoms with Gasteiger partial charge in [-0.15, -0.1) is 5.10 Å². The van der Waals surface area contributed by atoms with Crippen molar-refractivity contribution in [1.29, 1.82) is 0 Å². The normalized spacial score (nSPS) is 22.9. The van der Waals surface area contributed by atoms with Gasteiger partial charge in [-0.05, 0) is 13.8 Å². The summed E-state index contributed by atoms with van der Waals surface area (Å²) in [4.78, 5) is 2.41. The van der Waals surface area contributed by atoms with Gasteiger partial charge in [-0.25, -0.2) is 0 Å². The molecule has 0 bridgehead atoms. The lowest BCUT2D eigenvalue weighted by Gasteiger charge is -2.38. The summed E-state index contributed by atoms with van der Waals surface area (Å²) in [5.41, 5.74) is 3.79. The summed E-state index contributed by atoms with van der Waals surface area (Å²) in [7, 11) is 1.86. The van der Waals surface area contributed by atoms with Crippen molar-refractivity contribution in [3.05, 3.63) is 11.9 Å². The molecule has 7 nitrogen and oxygen atoms in total. The van der Waals surface area contributed by atoms with Crippen LogP contribution in [0.25, 0.3) is 0 Å². The number of aryl methyl sites for hydroxylation is 1. The van der Waals surface area contributed by atoms with Crippen LogP contribution in [0, 0.1) is 0 Å². The van der Waals surface area contributed by atoms with E-state index in [0.717, 1.165) is 31.8 Å². The Morgan fingerprint density at radius 2 is 2.37 bits per heavy atom. The van der Waals surface area contributed by atoms with Gasteiger partial charge in [0.15, 0.2) is 0 Å². The van der Waals surface area contributed by atoms with Crippen molar-refractivity contribution in [2.24, 2.45) is 12.9 Å². The van der Waals surface area contributed by atoms with Gasteiger partial charge in [0.05, 0.1) is 24.4 Å². The van der Waals surface area contributed by atoms with Crippen LogP contribution >= 0.6 is 0 Å². The third-order valence-corrected chi connectivity index (χ3v) is 3.60. The number of hydrogen-bond acceptors (Lipinski definition) is 6. The summed E-state index contributed by atoms with van der Waals surface area (Å²) in [6, 6.07) is 0.583. The molecule has 1 aliphatic heterocycles. The lowest BCUT2D eigenvalue weighted by atomic mass is 10.0. The highest BCUT2D eigenvalue weighted by Crippen LogP contribution is 2.14. The summed E-state index contributed by atoms with van der Waals surface area (Å²) in [5, 5.41) is 8.04. The molecule has 1 aromatic heterocycles. The first-order valence-electron chi connectivity index (χ1n) is 6.77. The van der Waals surface area contributed by atoms with Crippen LogP contribution in [0.15, 0.2) is 6.20 Å². The number of nitrogens with two attached hydrogens (primary N) is 1. The third kappa shape index (κ3) is 3.73. The largest absolute Gasteiger partial charge is 0.374 e. The average Bonchev–Trinajstić information content (AvgIpc) is 2.81. The second-order valence-electron chi connectivity index (χ2n) is 5.36. The van der Waals surface area contributed by atoms with Gasteiger partial charge in [-0.1, -0.05) is 5.21 Å². The third-order valence-electron chi connectivity index (χ3n) is 3.60. The van der Waals surface area contributed by atoms with Crippen molar-refractivity contribution in [1.82, 2.24) is 25.3 Å². The molecule has 2 rings (SSSR count). The maximum Gasteiger partial charge on any atom is 0.0872 e. The molecule has 0 amide bonds. The summed E-state index contributed by atoms with van der Waals surface area (Å²) >= 11 is 0. The Labute approximate surface area is 114 Å². The van der Waals surface area contributed by atoms with Gasteiger partial charge in [-0.3, -0.25) is 20.9 Å². The molecule has 19 heavy (non-hydrogen) atoms. The number of hydrogen-bond donors (Lipinski definition) is 2. The number of rotatable bonds is 5. The van der Waals surface area contributed by atoms with E-state index < -0.39 is 0 Å². The number of ether oxygens (including phenoxy) is 1. The lowest BCUT2D eigenvalue weighted by molar-refractivity contribution is -0.0554. The van der Waals surface area contributed by atoms with E-state index in [1.165, 1.54) is 0 Å². The van der Waals surface area contributed by atoms with Crippen LogP contribution in [0.5, 0.6) is 0 Å². The second kappa shape index (κ2) is 6.42. The van der Waals surface area contributed by atoms with Crippen LogP contribution in [0.2, 0.25) is 0 Å². The molecule has 0 saturated carbocycles. The van der Waals surface area contributed by atoms with E-state index in [0.29, 0.717) is 6.04 Å². The van der Waals surface area contributed by atoms with Crippen molar-refractivity contribution in [2.45, 2.75) is 38.5 Å². The Morgan fingerprint density at radius 1 is 1.58 bits per heavy atom. The zero-order valence-electron chi connectivity index (χ0n) is 11.9. The molecule has 0 aromatic carbocycles. The zero-order chi connectivity index (χ0) is 13.8. The van der Waals surface area contributed by atoms with E-state index >= 15 is 0 Å². The van der Waals surface area contributed by atoms with Crippen LogP contribution < -0.4 is 11.3 Å². The minimum Gasteiger partial charge on any atom is -0.374 e. The monoisotopic (exact) mass is 268 g/mol. The van der Waals surface area contributed by atoms with E-state index in [2.05, 4.69) is 34.5 Å². The molecule has 0 radical (unpaired) electrons. The van der Waals surface area contributed by atoms with Gasteiger partial charge < -0.3 is 4.74 Å². The highest BCUT2D eigenvalue weighted by atomic mass is 16.5. The van der Waals surface area contributed by atoms with E-state index in [1.54, 1.807) is 4.68 Å². The second-order valence-corrected chi connectivity index (χ2v) is 5.36. The summed E-state index contributed by atoms with van der Waals surface area (Å²) in [6.07, 6.45) is 2.72. The lowest BCUT2D eigenvalue weighted by Crippen LogP contribution is -2.56. The molecule has 1 aromatic rings. The SMILES string of the molecule is CC(C)N1CCOC(C(Cc2cn(C)nn2)NN)C1. The maximum atomic E-state index is 5.85. The summed E-state index contributed by atoms with van der Waals surface area (Å²) in [6.45, 7) is 7.04.